The molecule has 23 heavy (non-hydrogen) atoms. The van der Waals surface area contributed by atoms with E-state index < -0.39 is 14.3 Å². The lowest BCUT2D eigenvalue weighted by Gasteiger charge is -2.34. The second-order valence-corrected chi connectivity index (χ2v) is 9.02. The first-order chi connectivity index (χ1) is 10.8. The third kappa shape index (κ3) is 3.62. The molecule has 0 bridgehead atoms. The molecular formula is C15H20ClN3O3S. The summed E-state index contributed by atoms with van der Waals surface area (Å²) < 4.78 is 22.8. The fraction of sp³-hybridized carbons (Fsp3) is 0.533. The molecule has 2 aliphatic heterocycles. The van der Waals surface area contributed by atoms with Crippen LogP contribution in [-0.4, -0.2) is 64.2 Å². The van der Waals surface area contributed by atoms with Crippen LogP contribution in [0.4, 0.5) is 11.4 Å². The fourth-order valence-corrected chi connectivity index (χ4v) is 4.05. The number of hydrogen-bond acceptors (Lipinski definition) is 5. The van der Waals surface area contributed by atoms with E-state index in [1.807, 2.05) is 24.3 Å². The van der Waals surface area contributed by atoms with Gasteiger partial charge in [-0.05, 0) is 31.3 Å². The van der Waals surface area contributed by atoms with Gasteiger partial charge in [-0.1, -0.05) is 0 Å². The van der Waals surface area contributed by atoms with Crippen molar-refractivity contribution < 1.29 is 13.2 Å². The Morgan fingerprint density at radius 3 is 2.13 bits per heavy atom. The molecule has 3 rings (SSSR count). The monoisotopic (exact) mass is 357 g/mol. The zero-order valence-corrected chi connectivity index (χ0v) is 14.6. The van der Waals surface area contributed by atoms with E-state index in [4.69, 9.17) is 10.7 Å². The fourth-order valence-electron chi connectivity index (χ4n) is 3.02. The molecule has 2 heterocycles. The highest BCUT2D eigenvalue weighted by Crippen LogP contribution is 2.28. The number of piperazine rings is 1. The van der Waals surface area contributed by atoms with Crippen molar-refractivity contribution in [1.82, 2.24) is 4.90 Å². The van der Waals surface area contributed by atoms with Crippen molar-refractivity contribution in [3.05, 3.63) is 24.3 Å². The highest BCUT2D eigenvalue weighted by atomic mass is 35.7. The summed E-state index contributed by atoms with van der Waals surface area (Å²) in [5.41, 5.74) is 1.84. The average molecular weight is 358 g/mol. The van der Waals surface area contributed by atoms with Crippen molar-refractivity contribution in [2.75, 3.05) is 49.6 Å². The number of amides is 1. The smallest absolute Gasteiger partial charge is 0.237 e. The highest BCUT2D eigenvalue weighted by molar-refractivity contribution is 8.14. The van der Waals surface area contributed by atoms with E-state index in [0.29, 0.717) is 0 Å². The Bertz CT molecular complexity index is 684. The molecule has 0 N–H and O–H groups in total. The number of halogens is 1. The third-order valence-corrected chi connectivity index (χ3v) is 6.39. The predicted molar refractivity (Wildman–Crippen MR) is 91.7 cm³/mol. The first-order valence-electron chi connectivity index (χ1n) is 7.62. The Hall–Kier alpha value is -1.31. The normalized spacial score (nSPS) is 23.6. The number of nitrogens with zero attached hydrogens (tertiary/aromatic N) is 3. The van der Waals surface area contributed by atoms with Crippen LogP contribution in [0.5, 0.6) is 0 Å². The Morgan fingerprint density at radius 1 is 1.04 bits per heavy atom. The molecule has 0 saturated carbocycles. The SMILES string of the molecule is CN1CCN(c2ccc(N3CC(S(=O)(=O)Cl)CC3=O)cc2)CC1. The van der Waals surface area contributed by atoms with E-state index in [-0.39, 0.29) is 18.9 Å². The van der Waals surface area contributed by atoms with Gasteiger partial charge >= 0.3 is 0 Å². The van der Waals surface area contributed by atoms with Crippen LogP contribution >= 0.6 is 10.7 Å². The van der Waals surface area contributed by atoms with Gasteiger partial charge in [-0.2, -0.15) is 0 Å². The predicted octanol–water partition coefficient (Wildman–Crippen LogP) is 1.11. The molecule has 2 fully saturated rings. The topological polar surface area (TPSA) is 60.9 Å². The zero-order chi connectivity index (χ0) is 16.6. The largest absolute Gasteiger partial charge is 0.369 e. The van der Waals surface area contributed by atoms with E-state index in [1.165, 1.54) is 4.90 Å². The van der Waals surface area contributed by atoms with Crippen LogP contribution in [0.15, 0.2) is 24.3 Å². The van der Waals surface area contributed by atoms with Crippen LogP contribution in [0.25, 0.3) is 0 Å². The minimum absolute atomic E-state index is 0.0496. The van der Waals surface area contributed by atoms with Crippen LogP contribution in [-0.2, 0) is 13.8 Å². The summed E-state index contributed by atoms with van der Waals surface area (Å²) in [7, 11) is 3.78. The van der Waals surface area contributed by atoms with Gasteiger partial charge in [0, 0.05) is 61.2 Å². The molecule has 2 saturated heterocycles. The molecule has 1 unspecified atom stereocenters. The van der Waals surface area contributed by atoms with Crippen molar-refractivity contribution in [3.8, 4) is 0 Å². The Balaban J connectivity index is 1.71. The van der Waals surface area contributed by atoms with Crippen LogP contribution in [0.2, 0.25) is 0 Å². The molecule has 2 aliphatic rings. The van der Waals surface area contributed by atoms with E-state index in [1.54, 1.807) is 0 Å². The molecule has 0 radical (unpaired) electrons. The summed E-state index contributed by atoms with van der Waals surface area (Å²) in [5, 5.41) is -0.825. The van der Waals surface area contributed by atoms with Gasteiger partial charge < -0.3 is 14.7 Å². The van der Waals surface area contributed by atoms with Crippen molar-refractivity contribution in [2.24, 2.45) is 0 Å². The van der Waals surface area contributed by atoms with Crippen molar-refractivity contribution in [1.29, 1.82) is 0 Å². The number of carbonyl (C=O) groups is 1. The van der Waals surface area contributed by atoms with Crippen molar-refractivity contribution in [2.45, 2.75) is 11.7 Å². The number of likely N-dealkylation sites (N-methyl/N-ethyl adjacent to an activating group) is 1. The van der Waals surface area contributed by atoms with Gasteiger partial charge in [-0.3, -0.25) is 4.79 Å². The molecule has 0 spiro atoms. The first kappa shape index (κ1) is 16.5. The molecule has 1 amide bonds. The van der Waals surface area contributed by atoms with Crippen LogP contribution < -0.4 is 9.80 Å². The van der Waals surface area contributed by atoms with Gasteiger partial charge in [0.2, 0.25) is 15.0 Å². The standard InChI is InChI=1S/C15H20ClN3O3S/c1-17-6-8-18(9-7-17)12-2-4-13(5-3-12)19-11-14(10-15(19)20)23(16,21)22/h2-5,14H,6-11H2,1H3. The minimum atomic E-state index is -3.71. The van der Waals surface area contributed by atoms with Gasteiger partial charge in [-0.25, -0.2) is 8.42 Å². The van der Waals surface area contributed by atoms with Crippen LogP contribution in [0, 0.1) is 0 Å². The number of benzene rings is 1. The lowest BCUT2D eigenvalue weighted by molar-refractivity contribution is -0.117. The average Bonchev–Trinajstić information content (AvgIpc) is 2.90. The maximum absolute atomic E-state index is 12.0. The van der Waals surface area contributed by atoms with E-state index in [9.17, 15) is 13.2 Å². The second kappa shape index (κ2) is 6.30. The molecule has 8 heteroatoms. The molecule has 1 aromatic rings. The highest BCUT2D eigenvalue weighted by Gasteiger charge is 2.37. The lowest BCUT2D eigenvalue weighted by atomic mass is 10.2. The maximum atomic E-state index is 12.0. The summed E-state index contributed by atoms with van der Waals surface area (Å²) in [5.74, 6) is -0.202. The molecular weight excluding hydrogens is 338 g/mol. The van der Waals surface area contributed by atoms with E-state index in [0.717, 1.165) is 37.6 Å². The number of rotatable bonds is 3. The number of anilines is 2. The Labute approximate surface area is 141 Å². The molecule has 126 valence electrons. The summed E-state index contributed by atoms with van der Waals surface area (Å²) in [6, 6.07) is 7.70. The third-order valence-electron chi connectivity index (χ3n) is 4.52. The first-order valence-corrected chi connectivity index (χ1v) is 9.99. The summed E-state index contributed by atoms with van der Waals surface area (Å²) in [6.07, 6.45) is -0.0496. The minimum Gasteiger partial charge on any atom is -0.369 e. The van der Waals surface area contributed by atoms with E-state index in [2.05, 4.69) is 16.8 Å². The number of carbonyl (C=O) groups excluding carboxylic acids is 1. The lowest BCUT2D eigenvalue weighted by Crippen LogP contribution is -2.44. The molecule has 6 nitrogen and oxygen atoms in total. The van der Waals surface area contributed by atoms with Gasteiger partial charge in [0.1, 0.15) is 5.25 Å². The summed E-state index contributed by atoms with van der Waals surface area (Å²) in [6.45, 7) is 4.14. The van der Waals surface area contributed by atoms with Gasteiger partial charge in [-0.15, -0.1) is 0 Å². The van der Waals surface area contributed by atoms with Crippen molar-refractivity contribution >= 4 is 37.0 Å². The second-order valence-electron chi connectivity index (χ2n) is 6.11. The molecule has 0 aromatic heterocycles. The van der Waals surface area contributed by atoms with Crippen LogP contribution in [0.1, 0.15) is 6.42 Å². The summed E-state index contributed by atoms with van der Waals surface area (Å²) in [4.78, 5) is 18.1. The summed E-state index contributed by atoms with van der Waals surface area (Å²) >= 11 is 0. The van der Waals surface area contributed by atoms with Crippen molar-refractivity contribution in [3.63, 3.8) is 0 Å². The molecule has 0 aliphatic carbocycles. The van der Waals surface area contributed by atoms with Crippen LogP contribution in [0.3, 0.4) is 0 Å². The Kier molecular flexibility index (Phi) is 4.53. The van der Waals surface area contributed by atoms with Gasteiger partial charge in [0.05, 0.1) is 0 Å². The maximum Gasteiger partial charge on any atom is 0.237 e. The molecule has 1 aromatic carbocycles. The zero-order valence-electron chi connectivity index (χ0n) is 13.0. The van der Waals surface area contributed by atoms with Gasteiger partial charge in [0.15, 0.2) is 0 Å². The van der Waals surface area contributed by atoms with E-state index >= 15 is 0 Å². The number of hydrogen-bond donors (Lipinski definition) is 0. The Morgan fingerprint density at radius 2 is 1.61 bits per heavy atom. The van der Waals surface area contributed by atoms with Gasteiger partial charge in [0.25, 0.3) is 0 Å². The quantitative estimate of drug-likeness (QED) is 0.758. The molecule has 1 atom stereocenters.